The van der Waals surface area contributed by atoms with Gasteiger partial charge in [0.2, 0.25) is 5.91 Å². The molecule has 0 fully saturated rings. The standard InChI is InChI=1S/C22H23NO3S/c1-17(15-21-6-4-14-27-21)23(16-18-7-9-19(25-2)10-8-18)22(24)12-11-20-5-3-13-26-20/h3-14,17H,15-16H2,1-2H3. The topological polar surface area (TPSA) is 42.7 Å². The van der Waals surface area contributed by atoms with Crippen molar-refractivity contribution in [1.29, 1.82) is 0 Å². The van der Waals surface area contributed by atoms with E-state index in [1.807, 2.05) is 41.3 Å². The second kappa shape index (κ2) is 9.24. The molecular formula is C22H23NO3S. The van der Waals surface area contributed by atoms with Crippen molar-refractivity contribution in [1.82, 2.24) is 4.90 Å². The van der Waals surface area contributed by atoms with Gasteiger partial charge in [0, 0.05) is 30.0 Å². The van der Waals surface area contributed by atoms with Gasteiger partial charge in [-0.15, -0.1) is 11.3 Å². The van der Waals surface area contributed by atoms with Crippen molar-refractivity contribution in [3.63, 3.8) is 0 Å². The number of carbonyl (C=O) groups is 1. The second-order valence-electron chi connectivity index (χ2n) is 6.30. The van der Waals surface area contributed by atoms with Crippen LogP contribution in [0.25, 0.3) is 6.08 Å². The molecule has 0 radical (unpaired) electrons. The maximum absolute atomic E-state index is 12.9. The Morgan fingerprint density at radius 1 is 1.22 bits per heavy atom. The van der Waals surface area contributed by atoms with E-state index in [0.717, 1.165) is 17.7 Å². The fraction of sp³-hybridized carbons (Fsp3) is 0.227. The summed E-state index contributed by atoms with van der Waals surface area (Å²) < 4.78 is 10.5. The van der Waals surface area contributed by atoms with E-state index in [0.29, 0.717) is 12.3 Å². The second-order valence-corrected chi connectivity index (χ2v) is 7.33. The minimum atomic E-state index is -0.0359. The van der Waals surface area contributed by atoms with Gasteiger partial charge in [-0.2, -0.15) is 0 Å². The lowest BCUT2D eigenvalue weighted by molar-refractivity contribution is -0.128. The zero-order chi connectivity index (χ0) is 19.1. The molecule has 0 aliphatic carbocycles. The van der Waals surface area contributed by atoms with E-state index in [2.05, 4.69) is 18.4 Å². The van der Waals surface area contributed by atoms with Gasteiger partial charge < -0.3 is 14.1 Å². The predicted molar refractivity (Wildman–Crippen MR) is 109 cm³/mol. The zero-order valence-electron chi connectivity index (χ0n) is 15.5. The van der Waals surface area contributed by atoms with E-state index in [4.69, 9.17) is 9.15 Å². The number of hydrogen-bond donors (Lipinski definition) is 0. The van der Waals surface area contributed by atoms with Crippen molar-refractivity contribution in [3.05, 3.63) is 82.5 Å². The first-order valence-corrected chi connectivity index (χ1v) is 9.71. The van der Waals surface area contributed by atoms with Crippen LogP contribution in [0.4, 0.5) is 0 Å². The highest BCUT2D eigenvalue weighted by atomic mass is 32.1. The molecule has 140 valence electrons. The van der Waals surface area contributed by atoms with Gasteiger partial charge in [0.1, 0.15) is 11.5 Å². The average molecular weight is 381 g/mol. The van der Waals surface area contributed by atoms with Gasteiger partial charge in [-0.1, -0.05) is 18.2 Å². The van der Waals surface area contributed by atoms with Crippen LogP contribution < -0.4 is 4.74 Å². The highest BCUT2D eigenvalue weighted by Gasteiger charge is 2.19. The summed E-state index contributed by atoms with van der Waals surface area (Å²) in [6, 6.07) is 15.7. The molecule has 2 aromatic heterocycles. The highest BCUT2D eigenvalue weighted by molar-refractivity contribution is 7.09. The van der Waals surface area contributed by atoms with Crippen LogP contribution in [0.15, 0.2) is 70.7 Å². The van der Waals surface area contributed by atoms with Crippen LogP contribution in [0.2, 0.25) is 0 Å². The molecule has 1 amide bonds. The fourth-order valence-corrected chi connectivity index (χ4v) is 3.67. The summed E-state index contributed by atoms with van der Waals surface area (Å²) in [5.41, 5.74) is 1.06. The molecule has 0 aliphatic heterocycles. The van der Waals surface area contributed by atoms with Crippen molar-refractivity contribution in [2.45, 2.75) is 25.9 Å². The lowest BCUT2D eigenvalue weighted by Crippen LogP contribution is -2.38. The first-order chi connectivity index (χ1) is 13.2. The fourth-order valence-electron chi connectivity index (χ4n) is 2.84. The van der Waals surface area contributed by atoms with E-state index in [9.17, 15) is 4.79 Å². The molecule has 0 saturated heterocycles. The Morgan fingerprint density at radius 2 is 2.04 bits per heavy atom. The number of benzene rings is 1. The Bertz CT molecular complexity index is 852. The molecular weight excluding hydrogens is 358 g/mol. The molecule has 27 heavy (non-hydrogen) atoms. The number of furan rings is 1. The predicted octanol–water partition coefficient (Wildman–Crippen LogP) is 5.02. The highest BCUT2D eigenvalue weighted by Crippen LogP contribution is 2.19. The van der Waals surface area contributed by atoms with Gasteiger partial charge in [0.15, 0.2) is 0 Å². The number of ether oxygens (including phenoxy) is 1. The van der Waals surface area contributed by atoms with Crippen LogP contribution in [0.1, 0.15) is 23.1 Å². The molecule has 1 unspecified atom stereocenters. The minimum Gasteiger partial charge on any atom is -0.497 e. The van der Waals surface area contributed by atoms with E-state index in [1.165, 1.54) is 4.88 Å². The maximum Gasteiger partial charge on any atom is 0.247 e. The average Bonchev–Trinajstić information content (AvgIpc) is 3.38. The summed E-state index contributed by atoms with van der Waals surface area (Å²) in [7, 11) is 1.65. The quantitative estimate of drug-likeness (QED) is 0.514. The van der Waals surface area contributed by atoms with Gasteiger partial charge in [-0.3, -0.25) is 4.79 Å². The first kappa shape index (κ1) is 19.0. The van der Waals surface area contributed by atoms with Gasteiger partial charge in [-0.05, 0) is 54.3 Å². The third-order valence-corrected chi connectivity index (χ3v) is 5.24. The summed E-state index contributed by atoms with van der Waals surface area (Å²) >= 11 is 1.72. The van der Waals surface area contributed by atoms with Crippen LogP contribution >= 0.6 is 11.3 Å². The summed E-state index contributed by atoms with van der Waals surface area (Å²) in [6.07, 6.45) is 5.71. The minimum absolute atomic E-state index is 0.0359. The number of amides is 1. The number of rotatable bonds is 8. The van der Waals surface area contributed by atoms with Crippen LogP contribution in [0, 0.1) is 0 Å². The van der Waals surface area contributed by atoms with Gasteiger partial charge >= 0.3 is 0 Å². The molecule has 0 saturated carbocycles. The number of carbonyl (C=O) groups excluding carboxylic acids is 1. The Morgan fingerprint density at radius 3 is 2.67 bits per heavy atom. The molecule has 1 aromatic carbocycles. The SMILES string of the molecule is COc1ccc(CN(C(=O)C=Cc2ccco2)C(C)Cc2cccs2)cc1. The first-order valence-electron chi connectivity index (χ1n) is 8.83. The van der Waals surface area contributed by atoms with Crippen LogP contribution in [-0.4, -0.2) is 24.0 Å². The van der Waals surface area contributed by atoms with Crippen molar-refractivity contribution < 1.29 is 13.9 Å². The van der Waals surface area contributed by atoms with E-state index in [-0.39, 0.29) is 11.9 Å². The van der Waals surface area contributed by atoms with Crippen molar-refractivity contribution >= 4 is 23.3 Å². The molecule has 0 bridgehead atoms. The van der Waals surface area contributed by atoms with Gasteiger partial charge in [-0.25, -0.2) is 0 Å². The molecule has 5 heteroatoms. The Kier molecular flexibility index (Phi) is 6.49. The van der Waals surface area contributed by atoms with Crippen LogP contribution in [-0.2, 0) is 17.8 Å². The molecule has 0 aliphatic rings. The number of nitrogens with zero attached hydrogens (tertiary/aromatic N) is 1. The van der Waals surface area contributed by atoms with Crippen molar-refractivity contribution in [2.75, 3.05) is 7.11 Å². The summed E-state index contributed by atoms with van der Waals surface area (Å²) in [4.78, 5) is 16.1. The molecule has 0 spiro atoms. The molecule has 0 N–H and O–H groups in total. The Balaban J connectivity index is 1.76. The lowest BCUT2D eigenvalue weighted by Gasteiger charge is -2.28. The van der Waals surface area contributed by atoms with E-state index >= 15 is 0 Å². The number of thiophene rings is 1. The smallest absolute Gasteiger partial charge is 0.247 e. The molecule has 3 rings (SSSR count). The van der Waals surface area contributed by atoms with E-state index < -0.39 is 0 Å². The summed E-state index contributed by atoms with van der Waals surface area (Å²) in [6.45, 7) is 2.62. The van der Waals surface area contributed by atoms with Gasteiger partial charge in [0.25, 0.3) is 0 Å². The molecule has 1 atom stereocenters. The van der Waals surface area contributed by atoms with Crippen LogP contribution in [0.3, 0.4) is 0 Å². The third-order valence-electron chi connectivity index (χ3n) is 4.34. The lowest BCUT2D eigenvalue weighted by atomic mass is 10.1. The molecule has 4 nitrogen and oxygen atoms in total. The van der Waals surface area contributed by atoms with E-state index in [1.54, 1.807) is 42.9 Å². The summed E-state index contributed by atoms with van der Waals surface area (Å²) in [5.74, 6) is 1.44. The molecule has 2 heterocycles. The number of methoxy groups -OCH3 is 1. The maximum atomic E-state index is 12.9. The van der Waals surface area contributed by atoms with Crippen molar-refractivity contribution in [2.24, 2.45) is 0 Å². The summed E-state index contributed by atoms with van der Waals surface area (Å²) in [5, 5.41) is 2.06. The Hall–Kier alpha value is -2.79. The van der Waals surface area contributed by atoms with Crippen molar-refractivity contribution in [3.8, 4) is 5.75 Å². The number of hydrogen-bond acceptors (Lipinski definition) is 4. The monoisotopic (exact) mass is 381 g/mol. The largest absolute Gasteiger partial charge is 0.497 e. The van der Waals surface area contributed by atoms with Crippen LogP contribution in [0.5, 0.6) is 5.75 Å². The Labute approximate surface area is 163 Å². The van der Waals surface area contributed by atoms with Gasteiger partial charge in [0.05, 0.1) is 13.4 Å². The normalized spacial score (nSPS) is 12.2. The third kappa shape index (κ3) is 5.34. The molecule has 3 aromatic rings. The zero-order valence-corrected chi connectivity index (χ0v) is 16.3.